The van der Waals surface area contributed by atoms with E-state index in [4.69, 9.17) is 4.52 Å². The van der Waals surface area contributed by atoms with Gasteiger partial charge in [-0.15, -0.1) is 0 Å². The summed E-state index contributed by atoms with van der Waals surface area (Å²) in [4.78, 5) is 15.5. The third-order valence-corrected chi connectivity index (χ3v) is 2.92. The van der Waals surface area contributed by atoms with E-state index in [9.17, 15) is 14.3 Å². The van der Waals surface area contributed by atoms with Gasteiger partial charge in [-0.25, -0.2) is 14.2 Å². The molecule has 0 aliphatic heterocycles. The molecule has 3 aromatic rings. The third-order valence-electron chi connectivity index (χ3n) is 2.92. The Kier molecular flexibility index (Phi) is 2.71. The average molecular weight is 272 g/mol. The zero-order valence-corrected chi connectivity index (χ0v) is 10.4. The third kappa shape index (κ3) is 1.91. The number of carboxylic acid groups (broad SMARTS) is 1. The van der Waals surface area contributed by atoms with Crippen molar-refractivity contribution >= 4 is 17.1 Å². The Balaban J connectivity index is 2.32. The predicted octanol–water partition coefficient (Wildman–Crippen LogP) is 3.04. The molecule has 0 saturated heterocycles. The van der Waals surface area contributed by atoms with Gasteiger partial charge in [-0.3, -0.25) is 0 Å². The lowest BCUT2D eigenvalue weighted by molar-refractivity contribution is 0.0699. The molecule has 6 heteroatoms. The molecule has 2 aromatic heterocycles. The van der Waals surface area contributed by atoms with Gasteiger partial charge in [0.05, 0.1) is 10.9 Å². The maximum atomic E-state index is 13.0. The smallest absolute Gasteiger partial charge is 0.336 e. The first kappa shape index (κ1) is 12.3. The highest BCUT2D eigenvalue weighted by molar-refractivity contribution is 6.06. The average Bonchev–Trinajstić information content (AvgIpc) is 2.82. The van der Waals surface area contributed by atoms with E-state index in [0.29, 0.717) is 22.3 Å². The molecule has 3 rings (SSSR count). The van der Waals surface area contributed by atoms with Crippen LogP contribution in [0.3, 0.4) is 0 Å². The Labute approximate surface area is 112 Å². The van der Waals surface area contributed by atoms with Crippen molar-refractivity contribution in [1.29, 1.82) is 0 Å². The van der Waals surface area contributed by atoms with Gasteiger partial charge >= 0.3 is 5.97 Å². The molecule has 100 valence electrons. The zero-order valence-electron chi connectivity index (χ0n) is 10.4. The highest BCUT2D eigenvalue weighted by atomic mass is 19.1. The van der Waals surface area contributed by atoms with Gasteiger partial charge in [-0.05, 0) is 37.3 Å². The van der Waals surface area contributed by atoms with Gasteiger partial charge in [-0.2, -0.15) is 0 Å². The summed E-state index contributed by atoms with van der Waals surface area (Å²) in [5.74, 6) is -1.47. The fourth-order valence-corrected chi connectivity index (χ4v) is 2.05. The van der Waals surface area contributed by atoms with Crippen LogP contribution in [0.5, 0.6) is 0 Å². The first-order valence-corrected chi connectivity index (χ1v) is 5.82. The maximum absolute atomic E-state index is 13.0. The second-order valence-corrected chi connectivity index (χ2v) is 4.33. The highest BCUT2D eigenvalue weighted by Gasteiger charge is 2.20. The van der Waals surface area contributed by atoms with E-state index in [0.717, 1.165) is 0 Å². The van der Waals surface area contributed by atoms with Crippen LogP contribution < -0.4 is 0 Å². The summed E-state index contributed by atoms with van der Waals surface area (Å²) in [7, 11) is 0. The molecule has 0 bridgehead atoms. The van der Waals surface area contributed by atoms with Crippen LogP contribution in [0.4, 0.5) is 4.39 Å². The van der Waals surface area contributed by atoms with Crippen molar-refractivity contribution in [1.82, 2.24) is 10.1 Å². The normalized spacial score (nSPS) is 10.9. The van der Waals surface area contributed by atoms with Crippen molar-refractivity contribution in [3.05, 3.63) is 47.4 Å². The number of rotatable bonds is 2. The molecule has 2 heterocycles. The minimum absolute atomic E-state index is 0.0630. The Bertz CT molecular complexity index is 809. The summed E-state index contributed by atoms with van der Waals surface area (Å²) < 4.78 is 18.0. The van der Waals surface area contributed by atoms with Crippen molar-refractivity contribution in [2.75, 3.05) is 0 Å². The lowest BCUT2D eigenvalue weighted by Gasteiger charge is -2.01. The molecule has 0 spiro atoms. The van der Waals surface area contributed by atoms with Crippen LogP contribution >= 0.6 is 0 Å². The number of carbonyl (C=O) groups is 1. The molecule has 0 atom stereocenters. The zero-order chi connectivity index (χ0) is 14.3. The van der Waals surface area contributed by atoms with Crippen LogP contribution in [0.25, 0.3) is 22.4 Å². The number of hydrogen-bond acceptors (Lipinski definition) is 4. The number of aromatic carboxylic acids is 1. The Morgan fingerprint density at radius 2 is 2.00 bits per heavy atom. The number of benzene rings is 1. The predicted molar refractivity (Wildman–Crippen MR) is 68.9 cm³/mol. The number of nitrogens with zero attached hydrogens (tertiary/aromatic N) is 2. The molecule has 0 aliphatic carbocycles. The number of aromatic nitrogens is 2. The van der Waals surface area contributed by atoms with Gasteiger partial charge in [0.15, 0.2) is 0 Å². The molecule has 0 amide bonds. The molecule has 1 N–H and O–H groups in total. The van der Waals surface area contributed by atoms with Crippen LogP contribution in [0, 0.1) is 12.7 Å². The molecule has 0 aliphatic rings. The summed E-state index contributed by atoms with van der Waals surface area (Å²) in [5, 5.41) is 13.5. The molecule has 5 nitrogen and oxygen atoms in total. The number of halogens is 1. The number of pyridine rings is 1. The topological polar surface area (TPSA) is 76.2 Å². The molecule has 0 unspecified atom stereocenters. The highest BCUT2D eigenvalue weighted by Crippen LogP contribution is 2.30. The van der Waals surface area contributed by atoms with E-state index >= 15 is 0 Å². The molecule has 1 aromatic carbocycles. The summed E-state index contributed by atoms with van der Waals surface area (Å²) in [5.41, 5.74) is 1.65. The largest absolute Gasteiger partial charge is 0.478 e. The first-order valence-electron chi connectivity index (χ1n) is 5.82. The molecular weight excluding hydrogens is 263 g/mol. The Morgan fingerprint density at radius 1 is 1.30 bits per heavy atom. The lowest BCUT2D eigenvalue weighted by atomic mass is 10.0. The van der Waals surface area contributed by atoms with Gasteiger partial charge in [0, 0.05) is 11.3 Å². The molecule has 0 fully saturated rings. The lowest BCUT2D eigenvalue weighted by Crippen LogP contribution is -1.99. The number of fused-ring (bicyclic) bond motifs is 1. The van der Waals surface area contributed by atoms with E-state index in [2.05, 4.69) is 10.1 Å². The maximum Gasteiger partial charge on any atom is 0.336 e. The number of hydrogen-bond donors (Lipinski definition) is 1. The van der Waals surface area contributed by atoms with Crippen molar-refractivity contribution in [3.63, 3.8) is 0 Å². The monoisotopic (exact) mass is 272 g/mol. The van der Waals surface area contributed by atoms with Crippen molar-refractivity contribution in [3.8, 4) is 11.3 Å². The fourth-order valence-electron chi connectivity index (χ4n) is 2.05. The molecule has 20 heavy (non-hydrogen) atoms. The van der Waals surface area contributed by atoms with Crippen LogP contribution in [-0.2, 0) is 0 Å². The van der Waals surface area contributed by atoms with Crippen LogP contribution in [-0.4, -0.2) is 21.2 Å². The van der Waals surface area contributed by atoms with Crippen molar-refractivity contribution in [2.24, 2.45) is 0 Å². The van der Waals surface area contributed by atoms with Crippen molar-refractivity contribution < 1.29 is 18.8 Å². The Hall–Kier alpha value is -2.76. The van der Waals surface area contributed by atoms with Crippen LogP contribution in [0.1, 0.15) is 16.1 Å². The SMILES string of the molecule is Cc1cc(C(=O)O)c2c(-c3ccc(F)cc3)noc2n1. The van der Waals surface area contributed by atoms with E-state index in [1.54, 1.807) is 6.92 Å². The van der Waals surface area contributed by atoms with E-state index < -0.39 is 5.97 Å². The van der Waals surface area contributed by atoms with Crippen molar-refractivity contribution in [2.45, 2.75) is 6.92 Å². The van der Waals surface area contributed by atoms with Gasteiger partial charge in [-0.1, -0.05) is 5.16 Å². The standard InChI is InChI=1S/C14H9FN2O3/c1-7-6-10(14(18)19)11-12(17-20-13(11)16-7)8-2-4-9(15)5-3-8/h2-6H,1H3,(H,18,19). The summed E-state index contributed by atoms with van der Waals surface area (Å²) in [6, 6.07) is 7.03. The minimum Gasteiger partial charge on any atom is -0.478 e. The molecule has 0 saturated carbocycles. The van der Waals surface area contributed by atoms with E-state index in [1.807, 2.05) is 0 Å². The summed E-state index contributed by atoms with van der Waals surface area (Å²) in [6.07, 6.45) is 0. The van der Waals surface area contributed by atoms with Crippen LogP contribution in [0.2, 0.25) is 0 Å². The Morgan fingerprint density at radius 3 is 2.65 bits per heavy atom. The fraction of sp³-hybridized carbons (Fsp3) is 0.0714. The second-order valence-electron chi connectivity index (χ2n) is 4.33. The summed E-state index contributed by atoms with van der Waals surface area (Å²) in [6.45, 7) is 1.67. The quantitative estimate of drug-likeness (QED) is 0.775. The van der Waals surface area contributed by atoms with Gasteiger partial charge < -0.3 is 9.63 Å². The van der Waals surface area contributed by atoms with Gasteiger partial charge in [0.2, 0.25) is 0 Å². The molecular formula is C14H9FN2O3. The van der Waals surface area contributed by atoms with Crippen LogP contribution in [0.15, 0.2) is 34.9 Å². The summed E-state index contributed by atoms with van der Waals surface area (Å²) >= 11 is 0. The minimum atomic E-state index is -1.09. The van der Waals surface area contributed by atoms with E-state index in [-0.39, 0.29) is 17.1 Å². The number of aryl methyl sites for hydroxylation is 1. The number of carboxylic acids is 1. The van der Waals surface area contributed by atoms with Gasteiger partial charge in [0.25, 0.3) is 5.71 Å². The second kappa shape index (κ2) is 4.41. The van der Waals surface area contributed by atoms with E-state index in [1.165, 1.54) is 30.3 Å². The first-order chi connectivity index (χ1) is 9.56. The van der Waals surface area contributed by atoms with Gasteiger partial charge in [0.1, 0.15) is 11.5 Å². The molecule has 0 radical (unpaired) electrons.